The Kier molecular flexibility index (Phi) is 5.27. The first-order valence-electron chi connectivity index (χ1n) is 8.96. The summed E-state index contributed by atoms with van der Waals surface area (Å²) in [7, 11) is -3.55. The van der Waals surface area contributed by atoms with Gasteiger partial charge in [-0.1, -0.05) is 24.3 Å². The van der Waals surface area contributed by atoms with Crippen molar-refractivity contribution in [2.24, 2.45) is 0 Å². The lowest BCUT2D eigenvalue weighted by molar-refractivity contribution is -0.153. The monoisotopic (exact) mass is 419 g/mol. The molecule has 1 heterocycles. The second-order valence-corrected chi connectivity index (χ2v) is 10.6. The van der Waals surface area contributed by atoms with Gasteiger partial charge in [0.25, 0.3) is 0 Å². The van der Waals surface area contributed by atoms with Crippen LogP contribution in [0.3, 0.4) is 0 Å². The van der Waals surface area contributed by atoms with Crippen LogP contribution in [0.15, 0.2) is 35.2 Å². The highest BCUT2D eigenvalue weighted by Crippen LogP contribution is 2.40. The van der Waals surface area contributed by atoms with Gasteiger partial charge in [0.15, 0.2) is 0 Å². The third kappa shape index (κ3) is 3.78. The van der Waals surface area contributed by atoms with Gasteiger partial charge in [-0.05, 0) is 51.1 Å². The van der Waals surface area contributed by atoms with E-state index in [1.54, 1.807) is 0 Å². The van der Waals surface area contributed by atoms with Gasteiger partial charge in [0.2, 0.25) is 10.0 Å². The van der Waals surface area contributed by atoms with Crippen LogP contribution in [0.1, 0.15) is 31.9 Å². The average Bonchev–Trinajstić information content (AvgIpc) is 2.88. The molecule has 0 radical (unpaired) electrons. The van der Waals surface area contributed by atoms with E-state index in [9.17, 15) is 13.2 Å². The van der Waals surface area contributed by atoms with Crippen LogP contribution in [0.2, 0.25) is 0 Å². The van der Waals surface area contributed by atoms with E-state index in [-0.39, 0.29) is 12.4 Å². The predicted octanol–water partition coefficient (Wildman–Crippen LogP) is 4.52. The zero-order chi connectivity index (χ0) is 20.9. The minimum absolute atomic E-state index is 0.0928. The van der Waals surface area contributed by atoms with Gasteiger partial charge in [-0.2, -0.15) is 0 Å². The summed E-state index contributed by atoms with van der Waals surface area (Å²) in [6.45, 7) is 7.44. The van der Waals surface area contributed by atoms with Crippen molar-refractivity contribution in [3.8, 4) is 0 Å². The predicted molar refractivity (Wildman–Crippen MR) is 116 cm³/mol. The number of aromatic nitrogens is 1. The smallest absolute Gasteiger partial charge is 0.310 e. The maximum Gasteiger partial charge on any atom is 0.310 e. The largest absolute Gasteiger partial charge is 0.460 e. The summed E-state index contributed by atoms with van der Waals surface area (Å²) in [6.07, 6.45) is 3.20. The number of para-hydroxylation sites is 1. The molecule has 0 atom stereocenters. The molecule has 0 bridgehead atoms. The second-order valence-electron chi connectivity index (χ2n) is 7.92. The first-order chi connectivity index (χ1) is 12.9. The highest BCUT2D eigenvalue weighted by atomic mass is 32.2. The van der Waals surface area contributed by atoms with E-state index in [1.807, 2.05) is 64.3 Å². The number of nitrogens with zero attached hydrogens (tertiary/aromatic N) is 1. The SMILES string of the molecule is CSc1c(CC(=O)OC(C)(C)C)cc(C)c2c3ccccc3n(S(C)(=O)=O)c12. The van der Waals surface area contributed by atoms with Crippen molar-refractivity contribution in [3.63, 3.8) is 0 Å². The summed E-state index contributed by atoms with van der Waals surface area (Å²) in [4.78, 5) is 13.2. The number of hydrogen-bond acceptors (Lipinski definition) is 5. The first-order valence-corrected chi connectivity index (χ1v) is 12.0. The number of benzene rings is 2. The van der Waals surface area contributed by atoms with Crippen molar-refractivity contribution >= 4 is 49.6 Å². The van der Waals surface area contributed by atoms with Crippen LogP contribution in [-0.4, -0.2) is 36.5 Å². The molecule has 0 aliphatic rings. The van der Waals surface area contributed by atoms with E-state index in [0.717, 1.165) is 26.8 Å². The Balaban J connectivity index is 2.36. The molecule has 2 aromatic carbocycles. The fraction of sp³-hybridized carbons (Fsp3) is 0.381. The van der Waals surface area contributed by atoms with Crippen molar-refractivity contribution in [3.05, 3.63) is 41.5 Å². The molecular formula is C21H25NO4S2. The standard InChI is InChI=1S/C21H25NO4S2/c1-13-11-14(12-17(23)26-21(2,3)4)20(27-5)19-18(13)15-9-7-8-10-16(15)22(19)28(6,24)25/h7-11H,12H2,1-6H3. The normalized spacial score (nSPS) is 12.6. The molecule has 0 aliphatic heterocycles. The van der Waals surface area contributed by atoms with Crippen LogP contribution in [0.5, 0.6) is 0 Å². The number of carbonyl (C=O) groups is 1. The van der Waals surface area contributed by atoms with Gasteiger partial charge in [-0.25, -0.2) is 12.4 Å². The number of ether oxygens (including phenoxy) is 1. The van der Waals surface area contributed by atoms with Crippen LogP contribution < -0.4 is 0 Å². The molecule has 0 unspecified atom stereocenters. The third-order valence-electron chi connectivity index (χ3n) is 4.41. The number of thioether (sulfide) groups is 1. The number of esters is 1. The Labute approximate surface area is 170 Å². The Morgan fingerprint density at radius 1 is 1.21 bits per heavy atom. The number of fused-ring (bicyclic) bond motifs is 3. The van der Waals surface area contributed by atoms with Crippen molar-refractivity contribution in [1.29, 1.82) is 0 Å². The fourth-order valence-corrected chi connectivity index (χ4v) is 5.47. The molecule has 0 amide bonds. The molecule has 0 saturated carbocycles. The zero-order valence-corrected chi connectivity index (χ0v) is 18.6. The molecule has 3 aromatic rings. The molecule has 7 heteroatoms. The lowest BCUT2D eigenvalue weighted by atomic mass is 10.0. The average molecular weight is 420 g/mol. The number of aryl methyl sites for hydroxylation is 1. The van der Waals surface area contributed by atoms with E-state index in [2.05, 4.69) is 0 Å². The van der Waals surface area contributed by atoms with Crippen LogP contribution in [0.4, 0.5) is 0 Å². The summed E-state index contributed by atoms with van der Waals surface area (Å²) in [5.41, 5.74) is 2.42. The molecular weight excluding hydrogens is 394 g/mol. The van der Waals surface area contributed by atoms with Gasteiger partial charge in [0, 0.05) is 15.7 Å². The molecule has 0 saturated heterocycles. The maximum atomic E-state index is 12.7. The molecule has 3 rings (SSSR count). The maximum absolute atomic E-state index is 12.7. The molecule has 0 spiro atoms. The van der Waals surface area contributed by atoms with Crippen LogP contribution >= 0.6 is 11.8 Å². The molecule has 0 aliphatic carbocycles. The van der Waals surface area contributed by atoms with Crippen LogP contribution in [0.25, 0.3) is 21.8 Å². The Hall–Kier alpha value is -1.99. The second kappa shape index (κ2) is 7.12. The van der Waals surface area contributed by atoms with Crippen molar-refractivity contribution in [2.75, 3.05) is 12.5 Å². The van der Waals surface area contributed by atoms with Gasteiger partial charge in [0.1, 0.15) is 5.60 Å². The molecule has 28 heavy (non-hydrogen) atoms. The van der Waals surface area contributed by atoms with Crippen LogP contribution in [-0.2, 0) is 26.0 Å². The first kappa shape index (κ1) is 20.7. The Morgan fingerprint density at radius 3 is 2.43 bits per heavy atom. The number of carbonyl (C=O) groups excluding carboxylic acids is 1. The van der Waals surface area contributed by atoms with E-state index >= 15 is 0 Å². The van der Waals surface area contributed by atoms with Gasteiger partial charge in [0.05, 0.1) is 23.7 Å². The third-order valence-corrected chi connectivity index (χ3v) is 6.32. The highest BCUT2D eigenvalue weighted by molar-refractivity contribution is 7.99. The molecule has 0 fully saturated rings. The van der Waals surface area contributed by atoms with E-state index in [4.69, 9.17) is 4.74 Å². The fourth-order valence-electron chi connectivity index (χ4n) is 3.60. The lowest BCUT2D eigenvalue weighted by Gasteiger charge is -2.20. The molecule has 5 nitrogen and oxygen atoms in total. The minimum Gasteiger partial charge on any atom is -0.460 e. The van der Waals surface area contributed by atoms with Gasteiger partial charge >= 0.3 is 5.97 Å². The molecule has 150 valence electrons. The number of hydrogen-bond donors (Lipinski definition) is 0. The zero-order valence-electron chi connectivity index (χ0n) is 17.0. The van der Waals surface area contributed by atoms with Crippen molar-refractivity contribution in [1.82, 2.24) is 3.97 Å². The summed E-state index contributed by atoms with van der Waals surface area (Å²) >= 11 is 1.45. The van der Waals surface area contributed by atoms with E-state index in [1.165, 1.54) is 22.0 Å². The Morgan fingerprint density at radius 2 is 1.86 bits per heavy atom. The highest BCUT2D eigenvalue weighted by Gasteiger charge is 2.25. The number of rotatable bonds is 4. The molecule has 0 N–H and O–H groups in total. The van der Waals surface area contributed by atoms with Gasteiger partial charge < -0.3 is 4.74 Å². The van der Waals surface area contributed by atoms with E-state index < -0.39 is 15.6 Å². The van der Waals surface area contributed by atoms with Gasteiger partial charge in [-0.3, -0.25) is 4.79 Å². The van der Waals surface area contributed by atoms with E-state index in [0.29, 0.717) is 11.0 Å². The topological polar surface area (TPSA) is 65.4 Å². The Bertz CT molecular complexity index is 1180. The van der Waals surface area contributed by atoms with Crippen molar-refractivity contribution in [2.45, 2.75) is 44.6 Å². The summed E-state index contributed by atoms with van der Waals surface area (Å²) < 4.78 is 32.2. The van der Waals surface area contributed by atoms with Crippen LogP contribution in [0, 0.1) is 6.92 Å². The minimum atomic E-state index is -3.55. The van der Waals surface area contributed by atoms with Crippen molar-refractivity contribution < 1.29 is 17.9 Å². The quantitative estimate of drug-likeness (QED) is 0.460. The summed E-state index contributed by atoms with van der Waals surface area (Å²) in [6, 6.07) is 9.45. The van der Waals surface area contributed by atoms with Gasteiger partial charge in [-0.15, -0.1) is 11.8 Å². The summed E-state index contributed by atoms with van der Waals surface area (Å²) in [5.74, 6) is -0.330. The lowest BCUT2D eigenvalue weighted by Crippen LogP contribution is -2.25. The summed E-state index contributed by atoms with van der Waals surface area (Å²) in [5, 5.41) is 1.79. The molecule has 1 aromatic heterocycles.